The fourth-order valence-electron chi connectivity index (χ4n) is 2.12. The number of hydrogen-bond acceptors (Lipinski definition) is 3. The number of ether oxygens (including phenoxy) is 1. The van der Waals surface area contributed by atoms with E-state index in [0.29, 0.717) is 6.92 Å². The van der Waals surface area contributed by atoms with Gasteiger partial charge in [0.2, 0.25) is 5.90 Å². The highest BCUT2D eigenvalue weighted by molar-refractivity contribution is 6.03. The molecule has 1 aliphatic heterocycles. The average Bonchev–Trinajstić information content (AvgIpc) is 2.40. The highest BCUT2D eigenvalue weighted by Gasteiger charge is 2.77. The van der Waals surface area contributed by atoms with E-state index in [1.165, 1.54) is 30.3 Å². The van der Waals surface area contributed by atoms with E-state index < -0.39 is 35.7 Å². The summed E-state index contributed by atoms with van der Waals surface area (Å²) in [5.74, 6) is -5.18. The highest BCUT2D eigenvalue weighted by atomic mass is 19.4. The first kappa shape index (κ1) is 16.3. The van der Waals surface area contributed by atoms with Crippen molar-refractivity contribution in [1.29, 1.82) is 0 Å². The Labute approximate surface area is 120 Å². The normalized spacial score (nSPS) is 22.0. The van der Waals surface area contributed by atoms with Crippen LogP contribution in [0.25, 0.3) is 0 Å². The maximum atomic E-state index is 13.2. The number of carbonyl (C=O) groups excluding carboxylic acids is 1. The van der Waals surface area contributed by atoms with Crippen LogP contribution >= 0.6 is 0 Å². The van der Waals surface area contributed by atoms with Gasteiger partial charge in [-0.3, -0.25) is 4.79 Å². The van der Waals surface area contributed by atoms with Gasteiger partial charge < -0.3 is 4.74 Å². The summed E-state index contributed by atoms with van der Waals surface area (Å²) in [6.45, 7) is 0.495. The fraction of sp³-hybridized carbons (Fsp3) is 0.385. The van der Waals surface area contributed by atoms with Gasteiger partial charge in [0.05, 0.1) is 5.92 Å². The van der Waals surface area contributed by atoms with Crippen LogP contribution in [0.4, 0.5) is 26.3 Å². The Morgan fingerprint density at radius 2 is 1.55 bits per heavy atom. The SMILES string of the molecule is CC1C(=O)OC(c2ccccc2)=NC1(C(F)(F)F)C(F)(F)F. The number of benzene rings is 1. The molecule has 0 aromatic heterocycles. The first-order valence-electron chi connectivity index (χ1n) is 6.01. The second-order valence-electron chi connectivity index (χ2n) is 4.69. The van der Waals surface area contributed by atoms with Crippen LogP contribution in [0, 0.1) is 5.92 Å². The Hall–Kier alpha value is -2.06. The molecule has 0 spiro atoms. The van der Waals surface area contributed by atoms with Gasteiger partial charge in [0.15, 0.2) is 0 Å². The summed E-state index contributed by atoms with van der Waals surface area (Å²) in [4.78, 5) is 14.4. The summed E-state index contributed by atoms with van der Waals surface area (Å²) in [6.07, 6.45) is -11.6. The van der Waals surface area contributed by atoms with Crippen LogP contribution in [0.15, 0.2) is 35.3 Å². The van der Waals surface area contributed by atoms with Gasteiger partial charge in [0, 0.05) is 5.56 Å². The molecule has 1 heterocycles. The zero-order valence-electron chi connectivity index (χ0n) is 11.0. The summed E-state index contributed by atoms with van der Waals surface area (Å²) in [6, 6.07) is 6.62. The number of nitrogens with zero attached hydrogens (tertiary/aromatic N) is 1. The maximum Gasteiger partial charge on any atom is 0.423 e. The van der Waals surface area contributed by atoms with Crippen molar-refractivity contribution in [2.24, 2.45) is 10.9 Å². The quantitative estimate of drug-likeness (QED) is 0.586. The van der Waals surface area contributed by atoms with E-state index >= 15 is 0 Å². The zero-order chi connectivity index (χ0) is 16.8. The monoisotopic (exact) mass is 325 g/mol. The molecule has 1 unspecified atom stereocenters. The standard InChI is InChI=1S/C13H9F6NO2/c1-7-10(21)22-9(8-5-3-2-4-6-8)20-11(7,12(14,15)16)13(17,18)19/h2-7H,1H3. The van der Waals surface area contributed by atoms with E-state index in [2.05, 4.69) is 9.73 Å². The van der Waals surface area contributed by atoms with Gasteiger partial charge in [-0.05, 0) is 19.1 Å². The topological polar surface area (TPSA) is 38.7 Å². The minimum absolute atomic E-state index is 0.152. The molecular formula is C13H9F6NO2. The number of esters is 1. The molecule has 9 heteroatoms. The molecule has 0 fully saturated rings. The molecule has 0 aliphatic carbocycles. The Morgan fingerprint density at radius 1 is 1.05 bits per heavy atom. The number of cyclic esters (lactones) is 1. The first-order chi connectivity index (χ1) is 10.0. The summed E-state index contributed by atoms with van der Waals surface area (Å²) in [5.41, 5.74) is -4.68. The molecular weight excluding hydrogens is 316 g/mol. The van der Waals surface area contributed by atoms with Crippen LogP contribution in [-0.2, 0) is 9.53 Å². The number of rotatable bonds is 1. The molecule has 120 valence electrons. The van der Waals surface area contributed by atoms with Crippen molar-refractivity contribution >= 4 is 11.9 Å². The van der Waals surface area contributed by atoms with Gasteiger partial charge in [0.1, 0.15) is 0 Å². The Morgan fingerprint density at radius 3 is 2.00 bits per heavy atom. The molecule has 0 amide bonds. The molecule has 0 radical (unpaired) electrons. The predicted octanol–water partition coefficient (Wildman–Crippen LogP) is 3.49. The van der Waals surface area contributed by atoms with Crippen LogP contribution in [0.2, 0.25) is 0 Å². The largest absolute Gasteiger partial charge is 0.423 e. The molecule has 1 atom stereocenters. The number of aliphatic imine (C=N–C) groups is 1. The number of hydrogen-bond donors (Lipinski definition) is 0. The molecule has 22 heavy (non-hydrogen) atoms. The van der Waals surface area contributed by atoms with E-state index in [-0.39, 0.29) is 5.56 Å². The van der Waals surface area contributed by atoms with Crippen molar-refractivity contribution in [2.45, 2.75) is 24.8 Å². The fourth-order valence-corrected chi connectivity index (χ4v) is 2.12. The van der Waals surface area contributed by atoms with Crippen molar-refractivity contribution in [1.82, 2.24) is 0 Å². The Balaban J connectivity index is 2.72. The van der Waals surface area contributed by atoms with Crippen molar-refractivity contribution < 1.29 is 35.9 Å². The third-order valence-corrected chi connectivity index (χ3v) is 3.34. The lowest BCUT2D eigenvalue weighted by Gasteiger charge is -2.40. The molecule has 1 aromatic rings. The van der Waals surface area contributed by atoms with E-state index in [0.717, 1.165) is 0 Å². The molecule has 1 aromatic carbocycles. The highest BCUT2D eigenvalue weighted by Crippen LogP contribution is 2.52. The molecule has 0 saturated carbocycles. The Kier molecular flexibility index (Phi) is 3.70. The molecule has 3 nitrogen and oxygen atoms in total. The van der Waals surface area contributed by atoms with Gasteiger partial charge in [0.25, 0.3) is 5.54 Å². The summed E-state index contributed by atoms with van der Waals surface area (Å²) < 4.78 is 83.6. The molecule has 0 N–H and O–H groups in total. The van der Waals surface area contributed by atoms with Gasteiger partial charge >= 0.3 is 18.3 Å². The minimum atomic E-state index is -5.80. The summed E-state index contributed by atoms with van der Waals surface area (Å²) >= 11 is 0. The average molecular weight is 325 g/mol. The molecule has 2 rings (SSSR count). The smallest absolute Gasteiger partial charge is 0.407 e. The lowest BCUT2D eigenvalue weighted by Crippen LogP contribution is -2.64. The van der Waals surface area contributed by atoms with Crippen LogP contribution in [0.3, 0.4) is 0 Å². The van der Waals surface area contributed by atoms with Gasteiger partial charge in [-0.1, -0.05) is 18.2 Å². The van der Waals surface area contributed by atoms with Crippen molar-refractivity contribution in [3.05, 3.63) is 35.9 Å². The zero-order valence-corrected chi connectivity index (χ0v) is 11.0. The van der Waals surface area contributed by atoms with Crippen LogP contribution in [0.5, 0.6) is 0 Å². The predicted molar refractivity (Wildman–Crippen MR) is 63.1 cm³/mol. The van der Waals surface area contributed by atoms with E-state index in [9.17, 15) is 31.1 Å². The molecule has 0 saturated heterocycles. The second-order valence-corrected chi connectivity index (χ2v) is 4.69. The summed E-state index contributed by atoms with van der Waals surface area (Å²) in [7, 11) is 0. The van der Waals surface area contributed by atoms with Crippen molar-refractivity contribution in [3.8, 4) is 0 Å². The van der Waals surface area contributed by atoms with Gasteiger partial charge in [-0.25, -0.2) is 4.99 Å². The van der Waals surface area contributed by atoms with E-state index in [1.807, 2.05) is 0 Å². The summed E-state index contributed by atoms with van der Waals surface area (Å²) in [5, 5.41) is 0. The Bertz CT molecular complexity index is 591. The maximum absolute atomic E-state index is 13.2. The van der Waals surface area contributed by atoms with Crippen molar-refractivity contribution in [2.75, 3.05) is 0 Å². The van der Waals surface area contributed by atoms with Crippen LogP contribution in [-0.4, -0.2) is 29.8 Å². The third-order valence-electron chi connectivity index (χ3n) is 3.34. The van der Waals surface area contributed by atoms with Crippen LogP contribution < -0.4 is 0 Å². The number of halogens is 6. The molecule has 1 aliphatic rings. The van der Waals surface area contributed by atoms with Crippen molar-refractivity contribution in [3.63, 3.8) is 0 Å². The number of alkyl halides is 6. The van der Waals surface area contributed by atoms with Crippen LogP contribution in [0.1, 0.15) is 12.5 Å². The van der Waals surface area contributed by atoms with Gasteiger partial charge in [-0.15, -0.1) is 0 Å². The van der Waals surface area contributed by atoms with E-state index in [4.69, 9.17) is 0 Å². The third kappa shape index (κ3) is 2.34. The lowest BCUT2D eigenvalue weighted by molar-refractivity contribution is -0.309. The van der Waals surface area contributed by atoms with Gasteiger partial charge in [-0.2, -0.15) is 26.3 Å². The molecule has 0 bridgehead atoms. The number of carbonyl (C=O) groups is 1. The van der Waals surface area contributed by atoms with E-state index in [1.54, 1.807) is 0 Å². The lowest BCUT2D eigenvalue weighted by atomic mass is 9.83. The minimum Gasteiger partial charge on any atom is -0.407 e. The second kappa shape index (κ2) is 4.99. The first-order valence-corrected chi connectivity index (χ1v) is 6.01.